The number of carbonyl (C=O) groups is 3. The first-order valence-corrected chi connectivity index (χ1v) is 27.0. The smallest absolute Gasteiger partial charge is 0.341 e. The number of nitrogens with one attached hydrogen (secondary N) is 6. The lowest BCUT2D eigenvalue weighted by Crippen LogP contribution is -2.28. The lowest BCUT2D eigenvalue weighted by Gasteiger charge is -2.30. The van der Waals surface area contributed by atoms with Gasteiger partial charge in [-0.15, -0.1) is 0 Å². The third-order valence-corrected chi connectivity index (χ3v) is 14.6. The van der Waals surface area contributed by atoms with E-state index < -0.39 is 0 Å². The van der Waals surface area contributed by atoms with E-state index in [2.05, 4.69) is 64.1 Å². The predicted molar refractivity (Wildman–Crippen MR) is 289 cm³/mol. The molecule has 6 aromatic rings. The number of nitriles is 3. The van der Waals surface area contributed by atoms with Crippen LogP contribution < -0.4 is 16.0 Å². The summed E-state index contributed by atoms with van der Waals surface area (Å²) in [5.74, 6) is 0.661. The molecule has 0 aromatic carbocycles. The summed E-state index contributed by atoms with van der Waals surface area (Å²) in [5, 5.41) is 39.9. The van der Waals surface area contributed by atoms with Crippen LogP contribution in [-0.4, -0.2) is 85.8 Å². The highest BCUT2D eigenvalue weighted by Crippen LogP contribution is 2.36. The molecule has 0 bridgehead atoms. The largest absolute Gasteiger partial charge is 0.462 e. The van der Waals surface area contributed by atoms with Crippen molar-refractivity contribution >= 4 is 68.1 Å². The summed E-state index contributed by atoms with van der Waals surface area (Å²) in [6.07, 6.45) is 28.2. The van der Waals surface area contributed by atoms with Gasteiger partial charge in [0.1, 0.15) is 33.6 Å². The molecule has 6 aromatic heterocycles. The van der Waals surface area contributed by atoms with Crippen molar-refractivity contribution in [2.24, 2.45) is 17.8 Å². The van der Waals surface area contributed by atoms with Gasteiger partial charge in [0.15, 0.2) is 0 Å². The number of ether oxygens (including phenoxy) is 3. The van der Waals surface area contributed by atoms with Crippen LogP contribution in [0.1, 0.15) is 167 Å². The molecule has 6 unspecified atom stereocenters. The molecule has 3 saturated carbocycles. The minimum atomic E-state index is -0.350. The Kier molecular flexibility index (Phi) is 20.7. The van der Waals surface area contributed by atoms with Crippen LogP contribution in [0.2, 0.25) is 0 Å². The predicted octanol–water partition coefficient (Wildman–Crippen LogP) is 12.0. The van der Waals surface area contributed by atoms with Crippen LogP contribution in [0.25, 0.3) is 33.1 Å². The van der Waals surface area contributed by atoms with Gasteiger partial charge in [0.05, 0.1) is 55.1 Å². The number of aromatic nitrogens is 6. The number of H-pyrrole nitrogens is 3. The average molecular weight is 1020 g/mol. The molecule has 18 heteroatoms. The van der Waals surface area contributed by atoms with Crippen LogP contribution in [0.5, 0.6) is 0 Å². The molecular formula is C57H72N12O6. The third kappa shape index (κ3) is 14.8. The maximum absolute atomic E-state index is 12.3. The van der Waals surface area contributed by atoms with Crippen molar-refractivity contribution < 1.29 is 28.6 Å². The fourth-order valence-electron chi connectivity index (χ4n) is 11.1. The number of pyridine rings is 3. The monoisotopic (exact) mass is 1020 g/mol. The van der Waals surface area contributed by atoms with Gasteiger partial charge in [-0.25, -0.2) is 29.3 Å². The summed E-state index contributed by atoms with van der Waals surface area (Å²) in [4.78, 5) is 59.2. The molecule has 0 saturated heterocycles. The number of rotatable bonds is 18. The molecule has 6 N–H and O–H groups in total. The molecule has 6 atom stereocenters. The second-order valence-corrected chi connectivity index (χ2v) is 19.7. The highest BCUT2D eigenvalue weighted by molar-refractivity contribution is 6.06. The van der Waals surface area contributed by atoms with E-state index in [0.29, 0.717) is 91.7 Å². The van der Waals surface area contributed by atoms with Crippen LogP contribution in [0, 0.1) is 51.7 Å². The minimum Gasteiger partial charge on any atom is -0.462 e. The van der Waals surface area contributed by atoms with Crippen molar-refractivity contribution in [1.29, 1.82) is 15.8 Å². The number of aromatic amines is 3. The number of fused-ring (bicyclic) bond motifs is 3. The van der Waals surface area contributed by atoms with Crippen LogP contribution >= 0.6 is 0 Å². The van der Waals surface area contributed by atoms with E-state index in [1.165, 1.54) is 19.3 Å². The van der Waals surface area contributed by atoms with E-state index in [1.807, 2.05) is 36.8 Å². The Labute approximate surface area is 439 Å². The van der Waals surface area contributed by atoms with Crippen molar-refractivity contribution in [3.63, 3.8) is 0 Å². The van der Waals surface area contributed by atoms with Gasteiger partial charge in [0.25, 0.3) is 0 Å². The Bertz CT molecular complexity index is 2650. The number of carbonyl (C=O) groups excluding carboxylic acids is 3. The summed E-state index contributed by atoms with van der Waals surface area (Å²) in [5.41, 5.74) is 6.11. The van der Waals surface area contributed by atoms with Gasteiger partial charge >= 0.3 is 17.9 Å². The lowest BCUT2D eigenvalue weighted by atomic mass is 9.83. The van der Waals surface area contributed by atoms with Gasteiger partial charge in [-0.05, 0) is 115 Å². The topological polar surface area (TPSA) is 272 Å². The Morgan fingerprint density at radius 2 is 0.800 bits per heavy atom. The lowest BCUT2D eigenvalue weighted by molar-refractivity contribution is 0.0517. The second kappa shape index (κ2) is 28.1. The van der Waals surface area contributed by atoms with Gasteiger partial charge in [-0.3, -0.25) is 0 Å². The highest BCUT2D eigenvalue weighted by Gasteiger charge is 2.28. The van der Waals surface area contributed by atoms with Gasteiger partial charge < -0.3 is 45.1 Å². The number of hydrogen-bond donors (Lipinski definition) is 6. The highest BCUT2D eigenvalue weighted by atomic mass is 16.5. The van der Waals surface area contributed by atoms with Gasteiger partial charge in [0, 0.05) is 90.7 Å². The van der Waals surface area contributed by atoms with E-state index in [1.54, 1.807) is 39.4 Å². The van der Waals surface area contributed by atoms with Crippen LogP contribution in [-0.2, 0) is 14.2 Å². The molecule has 0 spiro atoms. The Morgan fingerprint density at radius 3 is 1.07 bits per heavy atom. The molecule has 0 radical (unpaired) electrons. The Morgan fingerprint density at radius 1 is 0.507 bits per heavy atom. The zero-order chi connectivity index (χ0) is 52.9. The van der Waals surface area contributed by atoms with Crippen molar-refractivity contribution in [3.8, 4) is 18.2 Å². The second-order valence-electron chi connectivity index (χ2n) is 19.7. The fourth-order valence-corrected chi connectivity index (χ4v) is 11.1. The van der Waals surface area contributed by atoms with E-state index in [4.69, 9.17) is 30.0 Å². The number of anilines is 3. The van der Waals surface area contributed by atoms with E-state index >= 15 is 0 Å². The molecule has 0 aliphatic heterocycles. The molecule has 9 rings (SSSR count). The zero-order valence-electron chi connectivity index (χ0n) is 43.6. The molecular weight excluding hydrogens is 949 g/mol. The van der Waals surface area contributed by atoms with Crippen molar-refractivity contribution in [2.45, 2.75) is 154 Å². The third-order valence-electron chi connectivity index (χ3n) is 14.6. The van der Waals surface area contributed by atoms with E-state index in [9.17, 15) is 14.4 Å². The Hall–Kier alpha value is -7.65. The first kappa shape index (κ1) is 55.1. The van der Waals surface area contributed by atoms with Crippen LogP contribution in [0.4, 0.5) is 17.1 Å². The number of esters is 3. The van der Waals surface area contributed by atoms with Crippen LogP contribution in [0.15, 0.2) is 55.4 Å². The molecule has 3 fully saturated rings. The standard InChI is InChI=1S/3C19H24N4O2/c3*1-2-25-19(24)16-12-22-18-15(8-10-21-18)17(16)23-14-7-3-5-13(11-14)6-4-9-20/h3*8,10,12-14H,2-7,11H2,1H3,(H2,21,22,23). The fraction of sp³-hybridized carbons (Fsp3) is 0.526. The van der Waals surface area contributed by atoms with E-state index in [-0.39, 0.29) is 17.9 Å². The van der Waals surface area contributed by atoms with Crippen LogP contribution in [0.3, 0.4) is 0 Å². The van der Waals surface area contributed by atoms with E-state index in [0.717, 1.165) is 127 Å². The Balaban J connectivity index is 0.000000164. The minimum absolute atomic E-state index is 0.297. The average Bonchev–Trinajstić information content (AvgIpc) is 4.23. The van der Waals surface area contributed by atoms with Gasteiger partial charge in [0.2, 0.25) is 0 Å². The summed E-state index contributed by atoms with van der Waals surface area (Å²) in [6, 6.07) is 13.4. The zero-order valence-corrected chi connectivity index (χ0v) is 43.6. The summed E-state index contributed by atoms with van der Waals surface area (Å²) >= 11 is 0. The summed E-state index contributed by atoms with van der Waals surface area (Å²) < 4.78 is 15.6. The summed E-state index contributed by atoms with van der Waals surface area (Å²) in [6.45, 7) is 6.41. The number of hydrogen-bond acceptors (Lipinski definition) is 15. The molecule has 18 nitrogen and oxygen atoms in total. The van der Waals surface area contributed by atoms with Gasteiger partial charge in [-0.2, -0.15) is 15.8 Å². The normalized spacial score (nSPS) is 20.2. The molecule has 3 aliphatic carbocycles. The summed E-state index contributed by atoms with van der Waals surface area (Å²) in [7, 11) is 0. The molecule has 6 heterocycles. The van der Waals surface area contributed by atoms with Gasteiger partial charge in [-0.1, -0.05) is 38.5 Å². The molecule has 0 amide bonds. The molecule has 75 heavy (non-hydrogen) atoms. The quantitative estimate of drug-likeness (QED) is 0.0345. The van der Waals surface area contributed by atoms with Crippen molar-refractivity contribution in [2.75, 3.05) is 35.8 Å². The van der Waals surface area contributed by atoms with Crippen molar-refractivity contribution in [1.82, 2.24) is 29.9 Å². The SMILES string of the molecule is CCOC(=O)c1cnc2[nH]ccc2c1NC1CCCC(CCC#N)C1.CCOC(=O)c1cnc2[nH]ccc2c1NC1CCCC(CCC#N)C1.CCOC(=O)c1cnc2[nH]ccc2c1NC1CCCC(CCC#N)C1. The molecule has 3 aliphatic rings. The maximum atomic E-state index is 12.3. The first-order valence-electron chi connectivity index (χ1n) is 27.0. The molecule has 396 valence electrons. The maximum Gasteiger partial charge on any atom is 0.341 e. The first-order chi connectivity index (χ1) is 36.7. The number of nitrogens with zero attached hydrogens (tertiary/aromatic N) is 6. The van der Waals surface area contributed by atoms with Crippen molar-refractivity contribution in [3.05, 3.63) is 72.1 Å².